The van der Waals surface area contributed by atoms with Gasteiger partial charge in [-0.2, -0.15) is 0 Å². The lowest BCUT2D eigenvalue weighted by Crippen LogP contribution is -2.63. The molecule has 3 amide bonds. The fourth-order valence-electron chi connectivity index (χ4n) is 4.55. The summed E-state index contributed by atoms with van der Waals surface area (Å²) in [5.41, 5.74) is 0.514. The van der Waals surface area contributed by atoms with Crippen LogP contribution in [-0.2, 0) is 25.5 Å². The van der Waals surface area contributed by atoms with Gasteiger partial charge in [-0.15, -0.1) is 0 Å². The van der Waals surface area contributed by atoms with Gasteiger partial charge in [0.25, 0.3) is 11.8 Å². The number of carbonyl (C=O) groups excluding carboxylic acids is 4. The highest BCUT2D eigenvalue weighted by Crippen LogP contribution is 2.22. The maximum atomic E-state index is 13.8. The Bertz CT molecular complexity index is 1210. The smallest absolute Gasteiger partial charge is 0.312 e. The zero-order valence-electron chi connectivity index (χ0n) is 23.4. The number of hydrogen-bond donors (Lipinski definition) is 4. The molecule has 1 aromatic carbocycles. The summed E-state index contributed by atoms with van der Waals surface area (Å²) in [5, 5.41) is 26.8. The number of ether oxygens (including phenoxy) is 1. The van der Waals surface area contributed by atoms with E-state index >= 15 is 0 Å². The van der Waals surface area contributed by atoms with E-state index in [0.717, 1.165) is 5.56 Å². The summed E-state index contributed by atoms with van der Waals surface area (Å²) in [4.78, 5) is 58.7. The van der Waals surface area contributed by atoms with Gasteiger partial charge in [0.15, 0.2) is 11.8 Å². The van der Waals surface area contributed by atoms with Crippen molar-refractivity contribution >= 4 is 23.7 Å². The van der Waals surface area contributed by atoms with Crippen molar-refractivity contribution in [1.29, 1.82) is 0 Å². The number of aliphatic hydroxyl groups excluding tert-OH is 1. The average Bonchev–Trinajstić information content (AvgIpc) is 2.95. The van der Waals surface area contributed by atoms with Crippen molar-refractivity contribution in [3.05, 3.63) is 59.9 Å². The van der Waals surface area contributed by atoms with Crippen LogP contribution in [0.4, 0.5) is 0 Å². The number of rotatable bonds is 6. The van der Waals surface area contributed by atoms with Crippen molar-refractivity contribution in [2.75, 3.05) is 7.05 Å². The molecule has 0 saturated carbocycles. The summed E-state index contributed by atoms with van der Waals surface area (Å²) in [5.74, 6) is -4.62. The van der Waals surface area contributed by atoms with Gasteiger partial charge in [-0.05, 0) is 44.4 Å². The molecule has 11 heteroatoms. The maximum Gasteiger partial charge on any atom is 0.312 e. The quantitative estimate of drug-likeness (QED) is 0.391. The number of aliphatic hydroxyl groups is 1. The van der Waals surface area contributed by atoms with Crippen LogP contribution in [0.15, 0.2) is 48.7 Å². The van der Waals surface area contributed by atoms with Crippen molar-refractivity contribution in [3.63, 3.8) is 0 Å². The Labute approximate surface area is 233 Å². The Hall–Kier alpha value is -3.99. The lowest BCUT2D eigenvalue weighted by atomic mass is 9.91. The fraction of sp³-hybridized carbons (Fsp3) is 0.483. The van der Waals surface area contributed by atoms with E-state index in [-0.39, 0.29) is 23.8 Å². The second-order valence-electron chi connectivity index (χ2n) is 10.3. The van der Waals surface area contributed by atoms with E-state index in [2.05, 4.69) is 15.6 Å². The van der Waals surface area contributed by atoms with Gasteiger partial charge in [-0.25, -0.2) is 4.98 Å². The number of likely N-dealkylation sites (N-methyl/N-ethyl adjacent to an activating group) is 1. The van der Waals surface area contributed by atoms with E-state index in [1.165, 1.54) is 37.2 Å². The summed E-state index contributed by atoms with van der Waals surface area (Å²) in [6.07, 6.45) is -0.490. The van der Waals surface area contributed by atoms with E-state index < -0.39 is 59.9 Å². The summed E-state index contributed by atoms with van der Waals surface area (Å²) < 4.78 is 5.68. The molecular formula is C29H38N4O7. The Balaban J connectivity index is 2.05. The SMILES string of the molecule is CCC(C)C1OC(=O)[C@H](C)[C@H](O)[C@H](Cc2ccccc2)NC(=O)[C@@H](NC(=O)c2ncccc2O)[C@@H](C)N(C)C1=O. The van der Waals surface area contributed by atoms with Crippen molar-refractivity contribution in [1.82, 2.24) is 20.5 Å². The largest absolute Gasteiger partial charge is 0.505 e. The van der Waals surface area contributed by atoms with Crippen LogP contribution >= 0.6 is 0 Å². The Morgan fingerprint density at radius 3 is 2.45 bits per heavy atom. The number of nitrogens with zero attached hydrogens (tertiary/aromatic N) is 2. The van der Waals surface area contributed by atoms with E-state index in [1.807, 2.05) is 37.3 Å². The molecule has 2 aromatic rings. The van der Waals surface area contributed by atoms with Crippen molar-refractivity contribution in [2.24, 2.45) is 11.8 Å². The third-order valence-corrected chi connectivity index (χ3v) is 7.58. The van der Waals surface area contributed by atoms with Crippen molar-refractivity contribution in [3.8, 4) is 5.75 Å². The van der Waals surface area contributed by atoms with Gasteiger partial charge in [-0.3, -0.25) is 19.2 Å². The van der Waals surface area contributed by atoms with Gasteiger partial charge in [0.1, 0.15) is 11.8 Å². The Morgan fingerprint density at radius 2 is 1.82 bits per heavy atom. The molecule has 1 saturated heterocycles. The number of nitrogens with one attached hydrogen (secondary N) is 2. The number of benzene rings is 1. The first kappa shape index (κ1) is 30.6. The molecule has 1 aromatic heterocycles. The predicted molar refractivity (Wildman–Crippen MR) is 146 cm³/mol. The van der Waals surface area contributed by atoms with Gasteiger partial charge < -0.3 is 30.5 Å². The number of esters is 1. The number of carbonyl (C=O) groups is 4. The van der Waals surface area contributed by atoms with Crippen LogP contribution in [0.3, 0.4) is 0 Å². The molecule has 2 unspecified atom stereocenters. The number of aromatic nitrogens is 1. The van der Waals surface area contributed by atoms with Crippen LogP contribution in [0.5, 0.6) is 5.75 Å². The minimum absolute atomic E-state index is 0.186. The van der Waals surface area contributed by atoms with E-state index in [9.17, 15) is 29.4 Å². The number of pyridine rings is 1. The molecule has 216 valence electrons. The van der Waals surface area contributed by atoms with Crippen LogP contribution in [0.2, 0.25) is 0 Å². The first-order chi connectivity index (χ1) is 19.0. The van der Waals surface area contributed by atoms with Gasteiger partial charge in [0, 0.05) is 19.2 Å². The van der Waals surface area contributed by atoms with Gasteiger partial charge in [-0.1, -0.05) is 44.2 Å². The molecule has 1 aliphatic heterocycles. The molecule has 0 aliphatic carbocycles. The first-order valence-corrected chi connectivity index (χ1v) is 13.4. The zero-order chi connectivity index (χ0) is 29.6. The Morgan fingerprint density at radius 1 is 1.15 bits per heavy atom. The molecule has 7 atom stereocenters. The number of hydrogen-bond acceptors (Lipinski definition) is 8. The molecule has 0 radical (unpaired) electrons. The molecule has 4 N–H and O–H groups in total. The normalized spacial score (nSPS) is 27.1. The Kier molecular flexibility index (Phi) is 10.2. The molecule has 40 heavy (non-hydrogen) atoms. The average molecular weight is 555 g/mol. The third-order valence-electron chi connectivity index (χ3n) is 7.58. The number of cyclic esters (lactones) is 1. The summed E-state index contributed by atoms with van der Waals surface area (Å²) in [7, 11) is 1.46. The van der Waals surface area contributed by atoms with E-state index in [1.54, 1.807) is 13.8 Å². The molecule has 1 aliphatic rings. The van der Waals surface area contributed by atoms with E-state index in [4.69, 9.17) is 4.74 Å². The zero-order valence-corrected chi connectivity index (χ0v) is 23.4. The maximum absolute atomic E-state index is 13.8. The van der Waals surface area contributed by atoms with Gasteiger partial charge in [0.05, 0.1) is 24.1 Å². The number of amides is 3. The second-order valence-corrected chi connectivity index (χ2v) is 10.3. The van der Waals surface area contributed by atoms with Crippen molar-refractivity contribution < 1.29 is 34.1 Å². The highest BCUT2D eigenvalue weighted by atomic mass is 16.6. The standard InChI is InChI=1S/C29H38N4O7/c1-6-16(2)25-28(38)33(5)18(4)22(32-27(37)23-21(34)13-10-14-30-23)26(36)31-20(15-19-11-8-7-9-12-19)24(35)17(3)29(39)40-25/h7-14,16-18,20,22,24-25,34-35H,6,15H2,1-5H3,(H,31,36)(H,32,37)/t16?,17-,18-,20+,22+,24+,25?/m1/s1. The highest BCUT2D eigenvalue weighted by Gasteiger charge is 2.42. The monoisotopic (exact) mass is 554 g/mol. The molecule has 0 bridgehead atoms. The van der Waals surface area contributed by atoms with Gasteiger partial charge in [0.2, 0.25) is 5.91 Å². The number of aromatic hydroxyl groups is 1. The minimum Gasteiger partial charge on any atom is -0.505 e. The van der Waals surface area contributed by atoms with Crippen LogP contribution < -0.4 is 10.6 Å². The first-order valence-electron chi connectivity index (χ1n) is 13.4. The molecule has 3 rings (SSSR count). The third kappa shape index (κ3) is 6.95. The fourth-order valence-corrected chi connectivity index (χ4v) is 4.55. The molecule has 1 fully saturated rings. The highest BCUT2D eigenvalue weighted by molar-refractivity contribution is 5.98. The second kappa shape index (κ2) is 13.4. The van der Waals surface area contributed by atoms with Gasteiger partial charge >= 0.3 is 5.97 Å². The lowest BCUT2D eigenvalue weighted by Gasteiger charge is -2.38. The summed E-state index contributed by atoms with van der Waals surface area (Å²) >= 11 is 0. The summed E-state index contributed by atoms with van der Waals surface area (Å²) in [6.45, 7) is 6.69. The summed E-state index contributed by atoms with van der Waals surface area (Å²) in [6, 6.07) is 8.71. The molecule has 2 heterocycles. The van der Waals surface area contributed by atoms with Crippen LogP contribution in [0, 0.1) is 11.8 Å². The predicted octanol–water partition coefficient (Wildman–Crippen LogP) is 1.43. The van der Waals surface area contributed by atoms with Crippen molar-refractivity contribution in [2.45, 2.75) is 70.9 Å². The van der Waals surface area contributed by atoms with Crippen LogP contribution in [0.25, 0.3) is 0 Å². The molecule has 11 nitrogen and oxygen atoms in total. The van der Waals surface area contributed by atoms with Crippen LogP contribution in [-0.4, -0.2) is 81.2 Å². The van der Waals surface area contributed by atoms with Crippen LogP contribution in [0.1, 0.15) is 50.2 Å². The molecule has 0 spiro atoms. The minimum atomic E-state index is -1.37. The van der Waals surface area contributed by atoms with E-state index in [0.29, 0.717) is 6.42 Å². The molecular weight excluding hydrogens is 516 g/mol. The topological polar surface area (TPSA) is 158 Å². The lowest BCUT2D eigenvalue weighted by molar-refractivity contribution is -0.171.